The number of rotatable bonds is 3. The van der Waals surface area contributed by atoms with Crippen molar-refractivity contribution in [1.82, 2.24) is 4.90 Å². The Morgan fingerprint density at radius 3 is 2.41 bits per heavy atom. The zero-order chi connectivity index (χ0) is 20.2. The van der Waals surface area contributed by atoms with E-state index in [1.54, 1.807) is 40.1 Å². The highest BCUT2D eigenvalue weighted by Gasteiger charge is 2.29. The van der Waals surface area contributed by atoms with Crippen molar-refractivity contribution in [1.29, 1.82) is 5.26 Å². The van der Waals surface area contributed by atoms with Crippen LogP contribution in [0.1, 0.15) is 15.9 Å². The molecule has 0 aromatic heterocycles. The molecule has 0 saturated carbocycles. The van der Waals surface area contributed by atoms with Gasteiger partial charge in [-0.15, -0.1) is 0 Å². The third-order valence-electron chi connectivity index (χ3n) is 5.04. The summed E-state index contributed by atoms with van der Waals surface area (Å²) in [5.74, 6) is -0.305. The van der Waals surface area contributed by atoms with Gasteiger partial charge in [0, 0.05) is 24.3 Å². The second-order valence-corrected chi connectivity index (χ2v) is 6.85. The van der Waals surface area contributed by atoms with Gasteiger partial charge in [0.05, 0.1) is 11.6 Å². The lowest BCUT2D eigenvalue weighted by atomic mass is 9.98. The highest BCUT2D eigenvalue weighted by molar-refractivity contribution is 6.05. The van der Waals surface area contributed by atoms with E-state index in [9.17, 15) is 9.59 Å². The molecule has 5 nitrogen and oxygen atoms in total. The van der Waals surface area contributed by atoms with E-state index in [0.29, 0.717) is 29.9 Å². The molecule has 1 saturated heterocycles. The highest BCUT2D eigenvalue weighted by Crippen LogP contribution is 2.26. The van der Waals surface area contributed by atoms with E-state index in [1.165, 1.54) is 0 Å². The van der Waals surface area contributed by atoms with Crippen LogP contribution in [0.4, 0.5) is 5.69 Å². The van der Waals surface area contributed by atoms with Crippen molar-refractivity contribution in [2.45, 2.75) is 0 Å². The molecular formula is C24H19N3O2. The van der Waals surface area contributed by atoms with Gasteiger partial charge in [-0.2, -0.15) is 5.26 Å². The van der Waals surface area contributed by atoms with Crippen LogP contribution in [0.5, 0.6) is 0 Å². The van der Waals surface area contributed by atoms with Crippen LogP contribution in [-0.4, -0.2) is 36.3 Å². The Balaban J connectivity index is 1.55. The van der Waals surface area contributed by atoms with E-state index in [-0.39, 0.29) is 18.4 Å². The van der Waals surface area contributed by atoms with E-state index >= 15 is 0 Å². The van der Waals surface area contributed by atoms with Crippen molar-refractivity contribution < 1.29 is 9.59 Å². The monoisotopic (exact) mass is 381 g/mol. The van der Waals surface area contributed by atoms with Crippen LogP contribution < -0.4 is 4.90 Å². The minimum Gasteiger partial charge on any atom is -0.328 e. The van der Waals surface area contributed by atoms with Gasteiger partial charge in [0.25, 0.3) is 5.91 Å². The summed E-state index contributed by atoms with van der Waals surface area (Å²) in [6, 6.07) is 26.3. The van der Waals surface area contributed by atoms with Crippen LogP contribution >= 0.6 is 0 Å². The lowest BCUT2D eigenvalue weighted by Crippen LogP contribution is -2.52. The lowest BCUT2D eigenvalue weighted by molar-refractivity contribution is -0.120. The zero-order valence-corrected chi connectivity index (χ0v) is 15.8. The van der Waals surface area contributed by atoms with Gasteiger partial charge in [-0.3, -0.25) is 9.59 Å². The van der Waals surface area contributed by atoms with Gasteiger partial charge in [-0.05, 0) is 35.4 Å². The first kappa shape index (κ1) is 18.5. The molecule has 142 valence electrons. The maximum absolute atomic E-state index is 13.2. The number of hydrogen-bond donors (Lipinski definition) is 0. The zero-order valence-electron chi connectivity index (χ0n) is 15.8. The number of piperazine rings is 1. The summed E-state index contributed by atoms with van der Waals surface area (Å²) in [5.41, 5.74) is 3.60. The SMILES string of the molecule is N#Cc1cccc(N2CCN(C(=O)c3ccccc3-c3ccccc3)CC2=O)c1. The van der Waals surface area contributed by atoms with Gasteiger partial charge >= 0.3 is 0 Å². The average molecular weight is 381 g/mol. The normalized spacial score (nSPS) is 13.8. The first-order valence-corrected chi connectivity index (χ1v) is 9.41. The summed E-state index contributed by atoms with van der Waals surface area (Å²) >= 11 is 0. The van der Waals surface area contributed by atoms with Crippen molar-refractivity contribution in [3.8, 4) is 17.2 Å². The molecule has 4 rings (SSSR count). The van der Waals surface area contributed by atoms with Crippen molar-refractivity contribution >= 4 is 17.5 Å². The first-order chi connectivity index (χ1) is 14.2. The number of anilines is 1. The van der Waals surface area contributed by atoms with Crippen molar-refractivity contribution in [2.75, 3.05) is 24.5 Å². The standard InChI is InChI=1S/C24H19N3O2/c25-16-18-7-6-10-20(15-18)27-14-13-26(17-23(27)28)24(29)22-12-5-4-11-21(22)19-8-2-1-3-9-19/h1-12,15H,13-14,17H2. The Hall–Kier alpha value is -3.91. The number of nitrogens with zero attached hydrogens (tertiary/aromatic N) is 3. The van der Waals surface area contributed by atoms with Crippen LogP contribution in [0.2, 0.25) is 0 Å². The molecule has 0 N–H and O–H groups in total. The van der Waals surface area contributed by atoms with Crippen LogP contribution in [0.3, 0.4) is 0 Å². The molecule has 1 fully saturated rings. The Bertz CT molecular complexity index is 1100. The topological polar surface area (TPSA) is 64.4 Å². The molecule has 2 amide bonds. The average Bonchev–Trinajstić information content (AvgIpc) is 2.79. The second-order valence-electron chi connectivity index (χ2n) is 6.85. The Kier molecular flexibility index (Phi) is 5.08. The Labute approximate surface area is 169 Å². The molecule has 3 aromatic carbocycles. The molecule has 5 heteroatoms. The number of nitriles is 1. The first-order valence-electron chi connectivity index (χ1n) is 9.41. The number of benzene rings is 3. The van der Waals surface area contributed by atoms with E-state index in [0.717, 1.165) is 11.1 Å². The maximum Gasteiger partial charge on any atom is 0.255 e. The fourth-order valence-electron chi connectivity index (χ4n) is 3.57. The van der Waals surface area contributed by atoms with Gasteiger partial charge in [-0.25, -0.2) is 0 Å². The minimum absolute atomic E-state index is 0.0126. The smallest absolute Gasteiger partial charge is 0.255 e. The van der Waals surface area contributed by atoms with E-state index in [1.807, 2.05) is 48.5 Å². The summed E-state index contributed by atoms with van der Waals surface area (Å²) < 4.78 is 0. The maximum atomic E-state index is 13.2. The molecule has 0 bridgehead atoms. The molecule has 0 spiro atoms. The van der Waals surface area contributed by atoms with Crippen molar-refractivity contribution in [2.24, 2.45) is 0 Å². The molecule has 29 heavy (non-hydrogen) atoms. The number of carbonyl (C=O) groups is 2. The predicted molar refractivity (Wildman–Crippen MR) is 111 cm³/mol. The summed E-state index contributed by atoms with van der Waals surface area (Å²) in [5, 5.41) is 9.08. The fraction of sp³-hybridized carbons (Fsp3) is 0.125. The highest BCUT2D eigenvalue weighted by atomic mass is 16.2. The van der Waals surface area contributed by atoms with E-state index in [2.05, 4.69) is 6.07 Å². The van der Waals surface area contributed by atoms with Crippen molar-refractivity contribution in [3.63, 3.8) is 0 Å². The van der Waals surface area contributed by atoms with Crippen LogP contribution in [0.15, 0.2) is 78.9 Å². The molecule has 0 aliphatic carbocycles. The lowest BCUT2D eigenvalue weighted by Gasteiger charge is -2.34. The molecule has 0 atom stereocenters. The number of amides is 2. The van der Waals surface area contributed by atoms with E-state index < -0.39 is 0 Å². The molecule has 3 aromatic rings. The van der Waals surface area contributed by atoms with Gasteiger partial charge in [0.15, 0.2) is 0 Å². The number of carbonyl (C=O) groups excluding carboxylic acids is 2. The van der Waals surface area contributed by atoms with Crippen molar-refractivity contribution in [3.05, 3.63) is 90.0 Å². The van der Waals surface area contributed by atoms with Gasteiger partial charge in [0.1, 0.15) is 6.54 Å². The summed E-state index contributed by atoms with van der Waals surface area (Å²) in [6.07, 6.45) is 0. The molecule has 1 aliphatic heterocycles. The van der Waals surface area contributed by atoms with Gasteiger partial charge in [-0.1, -0.05) is 54.6 Å². The predicted octanol–water partition coefficient (Wildman–Crippen LogP) is 3.71. The molecule has 0 radical (unpaired) electrons. The summed E-state index contributed by atoms with van der Waals surface area (Å²) in [4.78, 5) is 29.2. The molecule has 0 unspecified atom stereocenters. The Morgan fingerprint density at radius 2 is 1.66 bits per heavy atom. The minimum atomic E-state index is -0.156. The third-order valence-corrected chi connectivity index (χ3v) is 5.04. The van der Waals surface area contributed by atoms with Gasteiger partial charge < -0.3 is 9.80 Å². The van der Waals surface area contributed by atoms with Crippen LogP contribution in [-0.2, 0) is 4.79 Å². The molecule has 1 heterocycles. The number of hydrogen-bond acceptors (Lipinski definition) is 3. The quantitative estimate of drug-likeness (QED) is 0.695. The third kappa shape index (κ3) is 3.74. The second kappa shape index (κ2) is 7.99. The summed E-state index contributed by atoms with van der Waals surface area (Å²) in [6.45, 7) is 0.843. The fourth-order valence-corrected chi connectivity index (χ4v) is 3.57. The summed E-state index contributed by atoms with van der Waals surface area (Å²) in [7, 11) is 0. The van der Waals surface area contributed by atoms with Crippen LogP contribution in [0, 0.1) is 11.3 Å². The molecule has 1 aliphatic rings. The Morgan fingerprint density at radius 1 is 0.897 bits per heavy atom. The molecular weight excluding hydrogens is 362 g/mol. The van der Waals surface area contributed by atoms with Crippen LogP contribution in [0.25, 0.3) is 11.1 Å². The van der Waals surface area contributed by atoms with Gasteiger partial charge in [0.2, 0.25) is 5.91 Å². The largest absolute Gasteiger partial charge is 0.328 e. The van der Waals surface area contributed by atoms with E-state index in [4.69, 9.17) is 5.26 Å².